The van der Waals surface area contributed by atoms with Gasteiger partial charge >= 0.3 is 27.3 Å². The first-order valence-electron chi connectivity index (χ1n) is 11.5. The van der Waals surface area contributed by atoms with Crippen LogP contribution in [0.1, 0.15) is 52.9 Å². The molecule has 0 aromatic heterocycles. The molecule has 34 heavy (non-hydrogen) atoms. The van der Waals surface area contributed by atoms with Crippen LogP contribution in [-0.4, -0.2) is 75.8 Å². The predicted octanol–water partition coefficient (Wildman–Crippen LogP) is 2.24. The minimum Gasteiger partial charge on any atom is -0.459 e. The zero-order chi connectivity index (χ0) is 25.2. The number of fused-ring (bicyclic) bond motifs is 1. The highest BCUT2D eigenvalue weighted by Crippen LogP contribution is 2.60. The number of likely N-dealkylation sites (tertiary alicyclic amines) is 1. The first-order chi connectivity index (χ1) is 15.8. The standard InChI is InChI=1S/C21H29F2NO8S2/c1-9(2)24-14-15(32-19(26)11-7-5-4-6-8-11)17-13(12(18(24)25)16(14)33-17)20(27)31-10(3)21(22,23)34(28,29)30/h9-17H,4-8H2,1-3H3,(H,28,29,30). The lowest BCUT2D eigenvalue weighted by Gasteiger charge is -2.35. The molecule has 0 aromatic rings. The van der Waals surface area contributed by atoms with E-state index in [1.807, 2.05) is 13.8 Å². The summed E-state index contributed by atoms with van der Waals surface area (Å²) in [6.45, 7) is 4.28. The van der Waals surface area contributed by atoms with Gasteiger partial charge in [0.1, 0.15) is 6.10 Å². The second kappa shape index (κ2) is 8.88. The maximum Gasteiger partial charge on any atom is 0.405 e. The van der Waals surface area contributed by atoms with Gasteiger partial charge in [-0.3, -0.25) is 18.9 Å². The number of amides is 1. The average Bonchev–Trinajstić information content (AvgIpc) is 3.36. The Kier molecular flexibility index (Phi) is 6.69. The second-order valence-corrected chi connectivity index (χ2v) is 12.7. The van der Waals surface area contributed by atoms with E-state index in [2.05, 4.69) is 0 Å². The third-order valence-corrected chi connectivity index (χ3v) is 10.2. The van der Waals surface area contributed by atoms with Crippen LogP contribution in [0.4, 0.5) is 8.78 Å². The number of hydrogen-bond acceptors (Lipinski definition) is 8. The zero-order valence-electron chi connectivity index (χ0n) is 19.1. The van der Waals surface area contributed by atoms with Gasteiger partial charge < -0.3 is 14.4 Å². The topological polar surface area (TPSA) is 127 Å². The van der Waals surface area contributed by atoms with Gasteiger partial charge in [-0.2, -0.15) is 17.2 Å². The lowest BCUT2D eigenvalue weighted by Crippen LogP contribution is -2.52. The van der Waals surface area contributed by atoms with Crippen molar-refractivity contribution in [1.82, 2.24) is 4.90 Å². The van der Waals surface area contributed by atoms with Crippen molar-refractivity contribution in [1.29, 1.82) is 0 Å². The number of alkyl halides is 2. The Labute approximate surface area is 201 Å². The largest absolute Gasteiger partial charge is 0.459 e. The van der Waals surface area contributed by atoms with E-state index in [9.17, 15) is 31.6 Å². The molecule has 192 valence electrons. The summed E-state index contributed by atoms with van der Waals surface area (Å²) in [5.74, 6) is -4.16. The van der Waals surface area contributed by atoms with Crippen molar-refractivity contribution < 1.29 is 45.6 Å². The summed E-state index contributed by atoms with van der Waals surface area (Å²) in [5, 5.41) is -5.77. The Morgan fingerprint density at radius 2 is 1.74 bits per heavy atom. The molecular weight excluding hydrogens is 496 g/mol. The van der Waals surface area contributed by atoms with Crippen LogP contribution in [0.25, 0.3) is 0 Å². The molecule has 7 unspecified atom stereocenters. The zero-order valence-corrected chi connectivity index (χ0v) is 20.7. The van der Waals surface area contributed by atoms with E-state index >= 15 is 0 Å². The molecule has 4 fully saturated rings. The van der Waals surface area contributed by atoms with Crippen LogP contribution in [0.2, 0.25) is 0 Å². The molecule has 4 aliphatic rings. The molecule has 13 heteroatoms. The van der Waals surface area contributed by atoms with Crippen LogP contribution < -0.4 is 0 Å². The number of carbonyl (C=O) groups excluding carboxylic acids is 3. The van der Waals surface area contributed by atoms with E-state index in [4.69, 9.17) is 14.0 Å². The molecule has 1 aliphatic carbocycles. The lowest BCUT2D eigenvalue weighted by atomic mass is 9.78. The quantitative estimate of drug-likeness (QED) is 0.393. The fraction of sp³-hybridized carbons (Fsp3) is 0.857. The Balaban J connectivity index is 1.59. The van der Waals surface area contributed by atoms with Crippen molar-refractivity contribution in [2.75, 3.05) is 0 Å². The summed E-state index contributed by atoms with van der Waals surface area (Å²) < 4.78 is 69.5. The number of esters is 2. The minimum atomic E-state index is -5.82. The van der Waals surface area contributed by atoms with Crippen molar-refractivity contribution in [2.45, 2.75) is 92.9 Å². The van der Waals surface area contributed by atoms with Crippen molar-refractivity contribution >= 4 is 39.7 Å². The van der Waals surface area contributed by atoms with E-state index in [1.54, 1.807) is 4.90 Å². The minimum absolute atomic E-state index is 0.238. The van der Waals surface area contributed by atoms with Crippen molar-refractivity contribution in [3.8, 4) is 0 Å². The fourth-order valence-electron chi connectivity index (χ4n) is 5.76. The van der Waals surface area contributed by atoms with Gasteiger partial charge in [0.05, 0.1) is 29.0 Å². The van der Waals surface area contributed by atoms with Gasteiger partial charge in [-0.05, 0) is 33.6 Å². The predicted molar refractivity (Wildman–Crippen MR) is 116 cm³/mol. The molecule has 1 saturated carbocycles. The summed E-state index contributed by atoms with van der Waals surface area (Å²) in [7, 11) is -5.82. The van der Waals surface area contributed by atoms with Gasteiger partial charge in [-0.15, -0.1) is 11.8 Å². The Morgan fingerprint density at radius 3 is 2.29 bits per heavy atom. The lowest BCUT2D eigenvalue weighted by molar-refractivity contribution is -0.171. The van der Waals surface area contributed by atoms with Gasteiger partial charge in [0, 0.05) is 11.3 Å². The molecule has 1 N–H and O–H groups in total. The van der Waals surface area contributed by atoms with Gasteiger partial charge in [0.2, 0.25) is 5.91 Å². The summed E-state index contributed by atoms with van der Waals surface area (Å²) in [6.07, 6.45) is 1.03. The molecule has 4 rings (SSSR count). The molecule has 0 aromatic carbocycles. The van der Waals surface area contributed by atoms with Crippen LogP contribution in [0, 0.1) is 17.8 Å². The van der Waals surface area contributed by atoms with Crippen LogP contribution in [0.15, 0.2) is 0 Å². The van der Waals surface area contributed by atoms with Crippen molar-refractivity contribution in [2.24, 2.45) is 17.8 Å². The maximum absolute atomic E-state index is 14.0. The molecule has 0 spiro atoms. The molecule has 9 nitrogen and oxygen atoms in total. The SMILES string of the molecule is CC(C)N1C(=O)C2C3SC(C(OC(=O)C4CCCCC4)C31)C2C(=O)OC(C)C(F)(F)S(=O)(=O)O. The van der Waals surface area contributed by atoms with E-state index in [1.165, 1.54) is 11.8 Å². The number of thioether (sulfide) groups is 1. The van der Waals surface area contributed by atoms with Gasteiger partial charge in [0.25, 0.3) is 0 Å². The Bertz CT molecular complexity index is 968. The molecule has 3 heterocycles. The third kappa shape index (κ3) is 4.01. The summed E-state index contributed by atoms with van der Waals surface area (Å²) >= 11 is 1.31. The van der Waals surface area contributed by atoms with Crippen molar-refractivity contribution in [3.63, 3.8) is 0 Å². The van der Waals surface area contributed by atoms with Crippen LogP contribution >= 0.6 is 11.8 Å². The summed E-state index contributed by atoms with van der Waals surface area (Å²) in [4.78, 5) is 40.8. The second-order valence-electron chi connectivity index (χ2n) is 9.80. The number of carbonyl (C=O) groups is 3. The smallest absolute Gasteiger partial charge is 0.405 e. The van der Waals surface area contributed by atoms with Crippen LogP contribution in [0.5, 0.6) is 0 Å². The monoisotopic (exact) mass is 525 g/mol. The van der Waals surface area contributed by atoms with E-state index < -0.39 is 56.7 Å². The number of ether oxygens (including phenoxy) is 2. The van der Waals surface area contributed by atoms with E-state index in [0.717, 1.165) is 19.3 Å². The number of halogens is 2. The summed E-state index contributed by atoms with van der Waals surface area (Å²) in [5.41, 5.74) is 0. The van der Waals surface area contributed by atoms with Gasteiger partial charge in [0.15, 0.2) is 6.10 Å². The summed E-state index contributed by atoms with van der Waals surface area (Å²) in [6, 6.07) is -0.668. The van der Waals surface area contributed by atoms with Gasteiger partial charge in [-0.1, -0.05) is 19.3 Å². The highest BCUT2D eigenvalue weighted by atomic mass is 32.2. The average molecular weight is 526 g/mol. The first kappa shape index (κ1) is 25.6. The number of nitrogens with zero attached hydrogens (tertiary/aromatic N) is 1. The van der Waals surface area contributed by atoms with Crippen LogP contribution in [0.3, 0.4) is 0 Å². The molecular formula is C21H29F2NO8S2. The normalized spacial score (nSPS) is 34.6. The molecule has 3 aliphatic heterocycles. The fourth-order valence-corrected chi connectivity index (χ4v) is 8.31. The highest BCUT2D eigenvalue weighted by molar-refractivity contribution is 8.01. The molecule has 3 saturated heterocycles. The maximum atomic E-state index is 14.0. The Morgan fingerprint density at radius 1 is 1.12 bits per heavy atom. The molecule has 2 bridgehead atoms. The molecule has 0 radical (unpaired) electrons. The van der Waals surface area contributed by atoms with Crippen LogP contribution in [-0.2, 0) is 34.0 Å². The van der Waals surface area contributed by atoms with Crippen molar-refractivity contribution in [3.05, 3.63) is 0 Å². The first-order valence-corrected chi connectivity index (χ1v) is 13.9. The van der Waals surface area contributed by atoms with E-state index in [0.29, 0.717) is 19.8 Å². The number of hydrogen-bond donors (Lipinski definition) is 1. The highest BCUT2D eigenvalue weighted by Gasteiger charge is 2.72. The van der Waals surface area contributed by atoms with E-state index in [-0.39, 0.29) is 29.1 Å². The van der Waals surface area contributed by atoms with Gasteiger partial charge in [-0.25, -0.2) is 0 Å². The third-order valence-electron chi connectivity index (χ3n) is 7.40. The molecule has 7 atom stereocenters. The Hall–Kier alpha value is -1.47. The number of rotatable bonds is 7. The molecule has 1 amide bonds.